The molecule has 10 nitrogen and oxygen atoms in total. The number of morpholine rings is 1. The van der Waals surface area contributed by atoms with Crippen LogP contribution in [0.15, 0.2) is 32.9 Å². The third-order valence-corrected chi connectivity index (χ3v) is 4.72. The number of hydrogen-bond acceptors (Lipinski definition) is 7. The van der Waals surface area contributed by atoms with Crippen LogP contribution in [-0.2, 0) is 9.53 Å². The van der Waals surface area contributed by atoms with Gasteiger partial charge in [0.25, 0.3) is 11.5 Å². The molecular formula is C19H23N5O5. The minimum atomic E-state index is -0.807. The van der Waals surface area contributed by atoms with E-state index in [0.717, 1.165) is 21.9 Å². The minimum Gasteiger partial charge on any atom is -0.493 e. The predicted octanol–water partition coefficient (Wildman–Crippen LogP) is -0.369. The van der Waals surface area contributed by atoms with Crippen molar-refractivity contribution in [3.8, 4) is 11.6 Å². The molecule has 1 saturated heterocycles. The van der Waals surface area contributed by atoms with Crippen molar-refractivity contribution in [3.63, 3.8) is 0 Å². The number of carbonyl (C=O) groups is 1. The lowest BCUT2D eigenvalue weighted by molar-refractivity contribution is -0.123. The summed E-state index contributed by atoms with van der Waals surface area (Å²) in [6.07, 6.45) is 1.02. The number of hydrazone groups is 1. The Morgan fingerprint density at radius 1 is 1.28 bits per heavy atom. The number of aromatic amines is 1. The van der Waals surface area contributed by atoms with Crippen LogP contribution in [0, 0.1) is 13.8 Å². The molecule has 0 radical (unpaired) electrons. The van der Waals surface area contributed by atoms with Crippen LogP contribution in [0.3, 0.4) is 0 Å². The summed E-state index contributed by atoms with van der Waals surface area (Å²) >= 11 is 0. The van der Waals surface area contributed by atoms with E-state index >= 15 is 0 Å². The van der Waals surface area contributed by atoms with E-state index in [9.17, 15) is 19.5 Å². The minimum absolute atomic E-state index is 0.144. The van der Waals surface area contributed by atoms with Crippen molar-refractivity contribution < 1.29 is 14.6 Å². The van der Waals surface area contributed by atoms with Crippen LogP contribution in [0.4, 0.5) is 0 Å². The molecule has 154 valence electrons. The summed E-state index contributed by atoms with van der Waals surface area (Å²) in [5.74, 6) is -0.922. The lowest BCUT2D eigenvalue weighted by atomic mass is 10.1. The molecule has 2 heterocycles. The van der Waals surface area contributed by atoms with Gasteiger partial charge in [0.05, 0.1) is 31.7 Å². The van der Waals surface area contributed by atoms with Gasteiger partial charge in [0.15, 0.2) is 0 Å². The number of nitrogens with zero attached hydrogens (tertiary/aromatic N) is 3. The van der Waals surface area contributed by atoms with Gasteiger partial charge in [0.1, 0.15) is 5.56 Å². The summed E-state index contributed by atoms with van der Waals surface area (Å²) in [6, 6.07) is 5.19. The number of amides is 1. The molecule has 0 unspecified atom stereocenters. The van der Waals surface area contributed by atoms with Gasteiger partial charge in [-0.05, 0) is 37.1 Å². The number of nitrogens with one attached hydrogen (secondary N) is 2. The summed E-state index contributed by atoms with van der Waals surface area (Å²) in [5.41, 5.74) is 2.84. The van der Waals surface area contributed by atoms with Crippen LogP contribution in [0.1, 0.15) is 16.7 Å². The van der Waals surface area contributed by atoms with Crippen molar-refractivity contribution in [3.05, 3.63) is 55.7 Å². The maximum absolute atomic E-state index is 12.2. The van der Waals surface area contributed by atoms with Gasteiger partial charge in [-0.3, -0.25) is 19.5 Å². The Bertz CT molecular complexity index is 1050. The molecule has 3 rings (SSSR count). The molecule has 0 atom stereocenters. The van der Waals surface area contributed by atoms with Crippen molar-refractivity contribution in [2.24, 2.45) is 5.10 Å². The topological polar surface area (TPSA) is 129 Å². The first-order valence-corrected chi connectivity index (χ1v) is 9.14. The Balaban J connectivity index is 1.81. The van der Waals surface area contributed by atoms with Crippen molar-refractivity contribution in [2.45, 2.75) is 13.8 Å². The molecule has 1 amide bonds. The Labute approximate surface area is 166 Å². The van der Waals surface area contributed by atoms with Gasteiger partial charge in [0, 0.05) is 13.1 Å². The third kappa shape index (κ3) is 4.79. The lowest BCUT2D eigenvalue weighted by Gasteiger charge is -2.25. The molecule has 1 aromatic heterocycles. The molecule has 3 N–H and O–H groups in total. The third-order valence-electron chi connectivity index (χ3n) is 4.72. The number of carbonyl (C=O) groups excluding carboxylic acids is 1. The largest absolute Gasteiger partial charge is 0.493 e. The van der Waals surface area contributed by atoms with Gasteiger partial charge < -0.3 is 9.84 Å². The summed E-state index contributed by atoms with van der Waals surface area (Å²) < 4.78 is 6.20. The zero-order valence-electron chi connectivity index (χ0n) is 16.3. The number of benzene rings is 1. The fraction of sp³-hybridized carbons (Fsp3) is 0.368. The number of ether oxygens (including phenoxy) is 1. The summed E-state index contributed by atoms with van der Waals surface area (Å²) in [6.45, 7) is 6.38. The van der Waals surface area contributed by atoms with Gasteiger partial charge in [0.2, 0.25) is 5.88 Å². The van der Waals surface area contributed by atoms with Crippen LogP contribution in [0.25, 0.3) is 5.69 Å². The number of aromatic hydroxyl groups is 1. The molecule has 2 aromatic rings. The molecule has 10 heteroatoms. The second-order valence-corrected chi connectivity index (χ2v) is 6.78. The highest BCUT2D eigenvalue weighted by Crippen LogP contribution is 2.18. The zero-order valence-corrected chi connectivity index (χ0v) is 16.3. The highest BCUT2D eigenvalue weighted by atomic mass is 16.5. The lowest BCUT2D eigenvalue weighted by Crippen LogP contribution is -2.42. The van der Waals surface area contributed by atoms with Crippen LogP contribution < -0.4 is 16.7 Å². The van der Waals surface area contributed by atoms with Gasteiger partial charge >= 0.3 is 5.69 Å². The smallest absolute Gasteiger partial charge is 0.335 e. The summed E-state index contributed by atoms with van der Waals surface area (Å²) in [7, 11) is 0. The zero-order chi connectivity index (χ0) is 21.0. The SMILES string of the molecule is Cc1ccc(-n2c(O)c(/C=N\NC(=O)CN3CCOCC3)c(=O)[nH]c2=O)cc1C. The van der Waals surface area contributed by atoms with Crippen molar-refractivity contribution in [1.82, 2.24) is 19.9 Å². The van der Waals surface area contributed by atoms with Crippen LogP contribution in [-0.4, -0.2) is 64.5 Å². The molecule has 1 fully saturated rings. The number of rotatable bonds is 5. The molecule has 1 aromatic carbocycles. The summed E-state index contributed by atoms with van der Waals surface area (Å²) in [5, 5.41) is 14.3. The quantitative estimate of drug-likeness (QED) is 0.463. The van der Waals surface area contributed by atoms with Crippen molar-refractivity contribution >= 4 is 12.1 Å². The van der Waals surface area contributed by atoms with Crippen LogP contribution in [0.5, 0.6) is 5.88 Å². The Morgan fingerprint density at radius 2 is 2.00 bits per heavy atom. The molecule has 0 bridgehead atoms. The van der Waals surface area contributed by atoms with E-state index in [1.807, 2.05) is 18.7 Å². The van der Waals surface area contributed by atoms with Gasteiger partial charge in [-0.2, -0.15) is 5.10 Å². The van der Waals surface area contributed by atoms with Crippen LogP contribution >= 0.6 is 0 Å². The molecule has 0 saturated carbocycles. The number of aromatic nitrogens is 2. The van der Waals surface area contributed by atoms with Crippen molar-refractivity contribution in [1.29, 1.82) is 0 Å². The second-order valence-electron chi connectivity index (χ2n) is 6.78. The predicted molar refractivity (Wildman–Crippen MR) is 107 cm³/mol. The molecule has 29 heavy (non-hydrogen) atoms. The van der Waals surface area contributed by atoms with Gasteiger partial charge in [-0.1, -0.05) is 6.07 Å². The first-order valence-electron chi connectivity index (χ1n) is 9.14. The van der Waals surface area contributed by atoms with E-state index in [4.69, 9.17) is 4.74 Å². The molecule has 1 aliphatic rings. The normalized spacial score (nSPS) is 15.0. The van der Waals surface area contributed by atoms with E-state index in [2.05, 4.69) is 15.5 Å². The highest BCUT2D eigenvalue weighted by molar-refractivity contribution is 5.84. The van der Waals surface area contributed by atoms with E-state index in [1.165, 1.54) is 0 Å². The molecule has 1 aliphatic heterocycles. The average Bonchev–Trinajstić information content (AvgIpc) is 2.68. The first kappa shape index (κ1) is 20.5. The highest BCUT2D eigenvalue weighted by Gasteiger charge is 2.16. The molecular weight excluding hydrogens is 378 g/mol. The van der Waals surface area contributed by atoms with Gasteiger partial charge in [-0.25, -0.2) is 14.8 Å². The Kier molecular flexibility index (Phi) is 6.25. The number of hydrogen-bond donors (Lipinski definition) is 3. The number of H-pyrrole nitrogens is 1. The van der Waals surface area contributed by atoms with E-state index < -0.39 is 17.1 Å². The fourth-order valence-corrected chi connectivity index (χ4v) is 2.93. The van der Waals surface area contributed by atoms with Crippen LogP contribution in [0.2, 0.25) is 0 Å². The van der Waals surface area contributed by atoms with Gasteiger partial charge in [-0.15, -0.1) is 0 Å². The Morgan fingerprint density at radius 3 is 2.69 bits per heavy atom. The van der Waals surface area contributed by atoms with E-state index in [0.29, 0.717) is 32.0 Å². The average molecular weight is 401 g/mol. The molecule has 0 aliphatic carbocycles. The maximum Gasteiger partial charge on any atom is 0.335 e. The number of aryl methyl sites for hydroxylation is 2. The monoisotopic (exact) mass is 401 g/mol. The standard InChI is InChI=1S/C19H23N5O5/c1-12-3-4-14(9-13(12)2)24-18(27)15(17(26)21-19(24)28)10-20-22-16(25)11-23-5-7-29-8-6-23/h3-4,9-10,27H,5-8,11H2,1-2H3,(H,22,25)(H,21,26,28)/b20-10-. The molecule has 0 spiro atoms. The van der Waals surface area contributed by atoms with E-state index in [-0.39, 0.29) is 18.0 Å². The van der Waals surface area contributed by atoms with E-state index in [1.54, 1.807) is 18.2 Å². The Hall–Kier alpha value is -3.24. The first-order chi connectivity index (χ1) is 13.9. The fourth-order valence-electron chi connectivity index (χ4n) is 2.93. The van der Waals surface area contributed by atoms with Crippen molar-refractivity contribution in [2.75, 3.05) is 32.8 Å². The summed E-state index contributed by atoms with van der Waals surface area (Å²) in [4.78, 5) is 40.4. The second kappa shape index (κ2) is 8.84. The maximum atomic E-state index is 12.2.